The third-order valence-corrected chi connectivity index (χ3v) is 1.14. The summed E-state index contributed by atoms with van der Waals surface area (Å²) in [6, 6.07) is 0. The monoisotopic (exact) mass is 128 g/mol. The summed E-state index contributed by atoms with van der Waals surface area (Å²) >= 11 is 0. The Labute approximate surface area is 65.5 Å². The molecular formula is C8H10B2. The minimum atomic E-state index is -0.810. The molecule has 0 nitrogen and oxygen atoms in total. The lowest BCUT2D eigenvalue weighted by molar-refractivity contribution is 1.03. The molecule has 0 aromatic carbocycles. The Bertz CT molecular complexity index is 161. The first-order valence-electron chi connectivity index (χ1n) is 3.05. The van der Waals surface area contributed by atoms with E-state index < -0.39 is 5.21 Å². The zero-order valence-corrected chi connectivity index (χ0v) is 6.30. The van der Waals surface area contributed by atoms with Crippen LogP contribution >= 0.6 is 0 Å². The Morgan fingerprint density at radius 1 is 1.40 bits per heavy atom. The van der Waals surface area contributed by atoms with E-state index in [-0.39, 0.29) is 0 Å². The first kappa shape index (κ1) is 9.35. The van der Waals surface area contributed by atoms with Gasteiger partial charge < -0.3 is 0 Å². The van der Waals surface area contributed by atoms with Gasteiger partial charge >= 0.3 is 0 Å². The van der Waals surface area contributed by atoms with E-state index in [0.717, 1.165) is 5.57 Å². The Morgan fingerprint density at radius 2 is 1.90 bits per heavy atom. The molecule has 2 heteroatoms. The van der Waals surface area contributed by atoms with Crippen molar-refractivity contribution >= 4 is 15.7 Å². The van der Waals surface area contributed by atoms with Gasteiger partial charge in [-0.05, 0) is 0 Å². The predicted octanol–water partition coefficient (Wildman–Crippen LogP) is 1.76. The van der Waals surface area contributed by atoms with Crippen LogP contribution in [-0.4, -0.2) is 15.7 Å². The van der Waals surface area contributed by atoms with Gasteiger partial charge in [-0.15, -0.1) is 0 Å². The van der Waals surface area contributed by atoms with E-state index >= 15 is 0 Å². The predicted molar refractivity (Wildman–Crippen MR) is 48.4 cm³/mol. The zero-order valence-electron chi connectivity index (χ0n) is 6.30. The number of rotatable bonds is 3. The van der Waals surface area contributed by atoms with E-state index in [9.17, 15) is 0 Å². The van der Waals surface area contributed by atoms with Crippen molar-refractivity contribution in [2.75, 3.05) is 0 Å². The molecule has 0 aliphatic heterocycles. The summed E-state index contributed by atoms with van der Waals surface area (Å²) in [6.07, 6.45) is 5.00. The second-order valence-corrected chi connectivity index (χ2v) is 2.34. The molecular weight excluding hydrogens is 118 g/mol. The molecule has 0 aliphatic rings. The zero-order chi connectivity index (χ0) is 8.20. The van der Waals surface area contributed by atoms with Crippen LogP contribution < -0.4 is 0 Å². The fraction of sp³-hybridized carbons (Fsp3) is 0.250. The van der Waals surface area contributed by atoms with Gasteiger partial charge in [-0.1, -0.05) is 49.1 Å². The molecule has 0 atom stereocenters. The molecule has 0 fully saturated rings. The summed E-state index contributed by atoms with van der Waals surface area (Å²) in [5.41, 5.74) is 0.780. The second-order valence-electron chi connectivity index (χ2n) is 2.34. The number of hydrogen-bond donors (Lipinski definition) is 0. The minimum Gasteiger partial charge on any atom is -0.0991 e. The van der Waals surface area contributed by atoms with Crippen LogP contribution in [-0.2, 0) is 0 Å². The lowest BCUT2D eigenvalue weighted by atomic mass is 9.52. The van der Waals surface area contributed by atoms with E-state index in [1.165, 1.54) is 0 Å². The largest absolute Gasteiger partial charge is 0.0991 e. The Balaban J connectivity index is 4.51. The molecule has 0 aliphatic carbocycles. The van der Waals surface area contributed by atoms with Gasteiger partial charge in [0.2, 0.25) is 0 Å². The van der Waals surface area contributed by atoms with Crippen molar-refractivity contribution in [3.8, 4) is 0 Å². The molecule has 0 bridgehead atoms. The van der Waals surface area contributed by atoms with E-state index in [2.05, 4.69) is 13.2 Å². The van der Waals surface area contributed by atoms with Gasteiger partial charge in [-0.25, -0.2) is 0 Å². The van der Waals surface area contributed by atoms with Gasteiger partial charge in [0.15, 0.2) is 0 Å². The highest BCUT2D eigenvalue weighted by Gasteiger charge is 2.11. The molecule has 0 rings (SSSR count). The van der Waals surface area contributed by atoms with E-state index in [0.29, 0.717) is 0 Å². The molecule has 48 valence electrons. The normalized spacial score (nSPS) is 12.7. The fourth-order valence-corrected chi connectivity index (χ4v) is 0.594. The second kappa shape index (κ2) is 3.50. The topological polar surface area (TPSA) is 0 Å². The molecule has 0 saturated carbocycles. The van der Waals surface area contributed by atoms with Crippen LogP contribution in [0.3, 0.4) is 0 Å². The minimum absolute atomic E-state index is 0.780. The average molecular weight is 128 g/mol. The third kappa shape index (κ3) is 2.77. The smallest absolute Gasteiger partial charge is 0.0679 e. The lowest BCUT2D eigenvalue weighted by Gasteiger charge is -2.20. The van der Waals surface area contributed by atoms with Crippen LogP contribution in [0.15, 0.2) is 37.0 Å². The molecule has 10 heavy (non-hydrogen) atoms. The van der Waals surface area contributed by atoms with Crippen LogP contribution in [0.25, 0.3) is 0 Å². The van der Waals surface area contributed by atoms with Crippen LogP contribution in [0.4, 0.5) is 0 Å². The highest BCUT2D eigenvalue weighted by molar-refractivity contribution is 6.41. The fourth-order valence-electron chi connectivity index (χ4n) is 0.594. The van der Waals surface area contributed by atoms with Crippen molar-refractivity contribution in [1.29, 1.82) is 0 Å². The molecule has 4 radical (unpaired) electrons. The van der Waals surface area contributed by atoms with E-state index in [1.54, 1.807) is 25.2 Å². The van der Waals surface area contributed by atoms with Gasteiger partial charge in [0.25, 0.3) is 0 Å². The Morgan fingerprint density at radius 3 is 2.00 bits per heavy atom. The average Bonchev–Trinajstić information content (AvgIpc) is 1.80. The molecule has 0 unspecified atom stereocenters. The molecule has 0 N–H and O–H groups in total. The van der Waals surface area contributed by atoms with Gasteiger partial charge in [0.1, 0.15) is 0 Å². The highest BCUT2D eigenvalue weighted by Crippen LogP contribution is 2.26. The maximum absolute atomic E-state index is 5.57. The summed E-state index contributed by atoms with van der Waals surface area (Å²) < 4.78 is 0. The van der Waals surface area contributed by atoms with E-state index in [1.807, 2.05) is 0 Å². The summed E-state index contributed by atoms with van der Waals surface area (Å²) in [4.78, 5) is 0. The maximum atomic E-state index is 5.57. The lowest BCUT2D eigenvalue weighted by Crippen LogP contribution is -2.09. The highest BCUT2D eigenvalue weighted by atomic mass is 14.0. The van der Waals surface area contributed by atoms with Gasteiger partial charge in [0.05, 0.1) is 15.7 Å². The molecule has 0 heterocycles. The number of hydrogen-bond acceptors (Lipinski definition) is 0. The number of allylic oxidation sites excluding steroid dienone is 4. The Kier molecular flexibility index (Phi) is 3.27. The first-order chi connectivity index (χ1) is 4.52. The van der Waals surface area contributed by atoms with Crippen molar-refractivity contribution in [3.63, 3.8) is 0 Å². The molecule has 0 aromatic rings. The van der Waals surface area contributed by atoms with Crippen LogP contribution in [0.5, 0.6) is 0 Å². The van der Waals surface area contributed by atoms with Crippen LogP contribution in [0.1, 0.15) is 6.92 Å². The van der Waals surface area contributed by atoms with Crippen LogP contribution in [0, 0.1) is 0 Å². The van der Waals surface area contributed by atoms with E-state index in [4.69, 9.17) is 15.7 Å². The van der Waals surface area contributed by atoms with Gasteiger partial charge in [0, 0.05) is 0 Å². The molecule has 0 amide bonds. The molecule has 0 saturated heterocycles. The van der Waals surface area contributed by atoms with Crippen LogP contribution in [0.2, 0.25) is 5.21 Å². The summed E-state index contributed by atoms with van der Waals surface area (Å²) in [6.45, 7) is 8.81. The summed E-state index contributed by atoms with van der Waals surface area (Å²) in [7, 11) is 11.1. The quantitative estimate of drug-likeness (QED) is 0.401. The Hall–Kier alpha value is -0.650. The van der Waals surface area contributed by atoms with Gasteiger partial charge in [-0.2, -0.15) is 0 Å². The summed E-state index contributed by atoms with van der Waals surface area (Å²) in [5.74, 6) is 0. The van der Waals surface area contributed by atoms with Crippen molar-refractivity contribution in [2.24, 2.45) is 0 Å². The third-order valence-electron chi connectivity index (χ3n) is 1.14. The maximum Gasteiger partial charge on any atom is 0.0679 e. The molecule has 0 spiro atoms. The van der Waals surface area contributed by atoms with Gasteiger partial charge in [-0.3, -0.25) is 0 Å². The van der Waals surface area contributed by atoms with Crippen molar-refractivity contribution in [1.82, 2.24) is 0 Å². The van der Waals surface area contributed by atoms with Crippen molar-refractivity contribution < 1.29 is 0 Å². The first-order valence-corrected chi connectivity index (χ1v) is 3.05. The van der Waals surface area contributed by atoms with Crippen molar-refractivity contribution in [2.45, 2.75) is 12.1 Å². The van der Waals surface area contributed by atoms with Crippen molar-refractivity contribution in [3.05, 3.63) is 37.0 Å². The SMILES string of the molecule is [B]C([B])(C)/C(C=C)=C/C=C. The molecule has 0 aromatic heterocycles. The summed E-state index contributed by atoms with van der Waals surface area (Å²) in [5, 5.41) is -0.810. The standard InChI is InChI=1S/C8H10B2/c1-4-6-7(5-2)8(3,9)10/h4-6H,1-2H2,3H3/b7-6+.